The van der Waals surface area contributed by atoms with E-state index < -0.39 is 9.84 Å². The first-order chi connectivity index (χ1) is 10.4. The summed E-state index contributed by atoms with van der Waals surface area (Å²) >= 11 is 0. The Morgan fingerprint density at radius 2 is 1.78 bits per heavy atom. The number of halogens is 1. The van der Waals surface area contributed by atoms with Gasteiger partial charge in [-0.3, -0.25) is 4.99 Å². The van der Waals surface area contributed by atoms with E-state index >= 15 is 0 Å². The van der Waals surface area contributed by atoms with Gasteiger partial charge in [0.2, 0.25) is 0 Å². The van der Waals surface area contributed by atoms with Crippen molar-refractivity contribution in [3.05, 3.63) is 0 Å². The Morgan fingerprint density at radius 3 is 2.26 bits per heavy atom. The van der Waals surface area contributed by atoms with Gasteiger partial charge in [-0.2, -0.15) is 0 Å². The summed E-state index contributed by atoms with van der Waals surface area (Å²) in [5.74, 6) is 2.67. The fourth-order valence-electron chi connectivity index (χ4n) is 2.88. The van der Waals surface area contributed by atoms with Gasteiger partial charge in [0.25, 0.3) is 0 Å². The van der Waals surface area contributed by atoms with Crippen molar-refractivity contribution in [2.75, 3.05) is 24.6 Å². The molecule has 1 aliphatic rings. The van der Waals surface area contributed by atoms with Crippen LogP contribution in [-0.4, -0.2) is 45.0 Å². The molecule has 0 spiro atoms. The second kappa shape index (κ2) is 11.5. The maximum Gasteiger partial charge on any atom is 0.191 e. The van der Waals surface area contributed by atoms with Crippen LogP contribution in [0.25, 0.3) is 0 Å². The summed E-state index contributed by atoms with van der Waals surface area (Å²) in [6, 6.07) is 0.454. The lowest BCUT2D eigenvalue weighted by molar-refractivity contribution is 0.250. The SMILES string of the molecule is CCNC(=NCCS(=O)(=O)CC)NC1CCC(C(C)C)CC1.I. The van der Waals surface area contributed by atoms with E-state index in [0.29, 0.717) is 12.6 Å². The maximum absolute atomic E-state index is 11.5. The van der Waals surface area contributed by atoms with Gasteiger partial charge in [-0.15, -0.1) is 24.0 Å². The van der Waals surface area contributed by atoms with Crippen LogP contribution in [0.4, 0.5) is 0 Å². The van der Waals surface area contributed by atoms with E-state index in [1.54, 1.807) is 6.92 Å². The summed E-state index contributed by atoms with van der Waals surface area (Å²) in [7, 11) is -2.94. The zero-order valence-electron chi connectivity index (χ0n) is 15.0. The number of nitrogens with zero attached hydrogens (tertiary/aromatic N) is 1. The van der Waals surface area contributed by atoms with Crippen molar-refractivity contribution >= 4 is 39.8 Å². The number of aliphatic imine (C=N–C) groups is 1. The molecule has 0 atom stereocenters. The number of sulfone groups is 1. The van der Waals surface area contributed by atoms with Gasteiger partial charge in [0, 0.05) is 18.3 Å². The monoisotopic (exact) mass is 459 g/mol. The molecule has 1 fully saturated rings. The van der Waals surface area contributed by atoms with E-state index in [1.165, 1.54) is 25.7 Å². The van der Waals surface area contributed by atoms with Crippen molar-refractivity contribution in [3.63, 3.8) is 0 Å². The second-order valence-electron chi connectivity index (χ2n) is 6.50. The second-order valence-corrected chi connectivity index (χ2v) is 8.97. The lowest BCUT2D eigenvalue weighted by Gasteiger charge is -2.32. The predicted molar refractivity (Wildman–Crippen MR) is 109 cm³/mol. The van der Waals surface area contributed by atoms with E-state index in [0.717, 1.165) is 24.3 Å². The van der Waals surface area contributed by atoms with Gasteiger partial charge >= 0.3 is 0 Å². The number of rotatable bonds is 7. The highest BCUT2D eigenvalue weighted by molar-refractivity contribution is 14.0. The lowest BCUT2D eigenvalue weighted by Crippen LogP contribution is -2.45. The number of hydrogen-bond donors (Lipinski definition) is 2. The Balaban J connectivity index is 0.00000484. The van der Waals surface area contributed by atoms with Crippen LogP contribution in [-0.2, 0) is 9.84 Å². The third-order valence-electron chi connectivity index (χ3n) is 4.51. The molecule has 5 nitrogen and oxygen atoms in total. The first kappa shape index (κ1) is 22.9. The van der Waals surface area contributed by atoms with Crippen LogP contribution in [0.2, 0.25) is 0 Å². The number of nitrogens with one attached hydrogen (secondary N) is 2. The molecule has 138 valence electrons. The predicted octanol–water partition coefficient (Wildman–Crippen LogP) is 2.81. The molecule has 0 amide bonds. The molecule has 0 radical (unpaired) electrons. The maximum atomic E-state index is 11.5. The van der Waals surface area contributed by atoms with Crippen LogP contribution in [0.3, 0.4) is 0 Å². The van der Waals surface area contributed by atoms with E-state index in [-0.39, 0.29) is 35.5 Å². The molecular weight excluding hydrogens is 425 g/mol. The van der Waals surface area contributed by atoms with Gasteiger partial charge in [-0.05, 0) is 44.4 Å². The number of hydrogen-bond acceptors (Lipinski definition) is 3. The van der Waals surface area contributed by atoms with E-state index in [1.807, 2.05) is 6.92 Å². The fourth-order valence-corrected chi connectivity index (χ4v) is 3.54. The van der Waals surface area contributed by atoms with Gasteiger partial charge in [-0.25, -0.2) is 8.42 Å². The highest BCUT2D eigenvalue weighted by atomic mass is 127. The van der Waals surface area contributed by atoms with Crippen LogP contribution in [0.15, 0.2) is 4.99 Å². The van der Waals surface area contributed by atoms with Crippen LogP contribution in [0, 0.1) is 11.8 Å². The normalized spacial score (nSPS) is 22.6. The first-order valence-corrected chi connectivity index (χ1v) is 10.4. The minimum absolute atomic E-state index is 0. The van der Waals surface area contributed by atoms with Crippen molar-refractivity contribution < 1.29 is 8.42 Å². The summed E-state index contributed by atoms with van der Waals surface area (Å²) in [6.07, 6.45) is 4.86. The Kier molecular flexibility index (Phi) is 11.5. The molecular formula is C16H34IN3O2S. The van der Waals surface area contributed by atoms with Crippen LogP contribution < -0.4 is 10.6 Å². The Labute approximate surface area is 159 Å². The smallest absolute Gasteiger partial charge is 0.191 e. The van der Waals surface area contributed by atoms with E-state index in [4.69, 9.17) is 0 Å². The van der Waals surface area contributed by atoms with Crippen LogP contribution in [0.1, 0.15) is 53.4 Å². The molecule has 23 heavy (non-hydrogen) atoms. The molecule has 0 saturated heterocycles. The highest BCUT2D eigenvalue weighted by Crippen LogP contribution is 2.29. The summed E-state index contributed by atoms with van der Waals surface area (Å²) < 4.78 is 23.0. The van der Waals surface area contributed by atoms with Gasteiger partial charge in [0.1, 0.15) is 0 Å². The molecule has 1 saturated carbocycles. The summed E-state index contributed by atoms with van der Waals surface area (Å²) in [4.78, 5) is 4.41. The topological polar surface area (TPSA) is 70.6 Å². The Morgan fingerprint density at radius 1 is 1.17 bits per heavy atom. The van der Waals surface area contributed by atoms with Gasteiger partial charge in [-0.1, -0.05) is 20.8 Å². The van der Waals surface area contributed by atoms with E-state index in [9.17, 15) is 8.42 Å². The average Bonchev–Trinajstić information content (AvgIpc) is 2.48. The third kappa shape index (κ3) is 9.12. The molecule has 0 unspecified atom stereocenters. The average molecular weight is 459 g/mol. The lowest BCUT2D eigenvalue weighted by atomic mass is 9.80. The first-order valence-electron chi connectivity index (χ1n) is 8.63. The number of guanidine groups is 1. The van der Waals surface area contributed by atoms with Crippen LogP contribution >= 0.6 is 24.0 Å². The third-order valence-corrected chi connectivity index (χ3v) is 6.20. The fraction of sp³-hybridized carbons (Fsp3) is 0.938. The molecule has 0 bridgehead atoms. The quantitative estimate of drug-likeness (QED) is 0.349. The summed E-state index contributed by atoms with van der Waals surface area (Å²) in [5.41, 5.74) is 0. The Bertz CT molecular complexity index is 444. The molecule has 1 rings (SSSR count). The molecule has 1 aliphatic carbocycles. The van der Waals surface area contributed by atoms with Crippen molar-refractivity contribution in [3.8, 4) is 0 Å². The zero-order chi connectivity index (χ0) is 16.6. The van der Waals surface area contributed by atoms with Crippen molar-refractivity contribution in [1.82, 2.24) is 10.6 Å². The Hall–Kier alpha value is -0.0500. The molecule has 7 heteroatoms. The largest absolute Gasteiger partial charge is 0.357 e. The van der Waals surface area contributed by atoms with Crippen LogP contribution in [0.5, 0.6) is 0 Å². The zero-order valence-corrected chi connectivity index (χ0v) is 18.1. The molecule has 0 aliphatic heterocycles. The summed E-state index contributed by atoms with van der Waals surface area (Å²) in [6.45, 7) is 9.42. The highest BCUT2D eigenvalue weighted by Gasteiger charge is 2.23. The minimum Gasteiger partial charge on any atom is -0.357 e. The van der Waals surface area contributed by atoms with Gasteiger partial charge in [0.05, 0.1) is 12.3 Å². The molecule has 2 N–H and O–H groups in total. The van der Waals surface area contributed by atoms with Crippen molar-refractivity contribution in [2.45, 2.75) is 59.4 Å². The van der Waals surface area contributed by atoms with E-state index in [2.05, 4.69) is 29.5 Å². The van der Waals surface area contributed by atoms with Gasteiger partial charge in [0.15, 0.2) is 15.8 Å². The minimum atomic E-state index is -2.94. The van der Waals surface area contributed by atoms with Gasteiger partial charge < -0.3 is 10.6 Å². The molecule has 0 aromatic rings. The molecule has 0 heterocycles. The molecule has 0 aromatic heterocycles. The summed E-state index contributed by atoms with van der Waals surface area (Å²) in [5, 5.41) is 6.68. The standard InChI is InChI=1S/C16H33N3O2S.HI/c1-5-17-16(18-11-12-22(20,21)6-2)19-15-9-7-14(8-10-15)13(3)4;/h13-15H,5-12H2,1-4H3,(H2,17,18,19);1H. The molecule has 0 aromatic carbocycles. The van der Waals surface area contributed by atoms with Crippen molar-refractivity contribution in [1.29, 1.82) is 0 Å². The van der Waals surface area contributed by atoms with Crippen molar-refractivity contribution in [2.24, 2.45) is 16.8 Å².